The van der Waals surface area contributed by atoms with E-state index in [1.807, 2.05) is 20.8 Å². The Bertz CT molecular complexity index is 458. The number of hydrogen-bond donors (Lipinski definition) is 0. The van der Waals surface area contributed by atoms with Gasteiger partial charge in [-0.3, -0.25) is 9.59 Å². The molecule has 7 heteroatoms. The van der Waals surface area contributed by atoms with Crippen LogP contribution in [0.5, 0.6) is 0 Å². The van der Waals surface area contributed by atoms with Gasteiger partial charge in [0.25, 0.3) is 0 Å². The van der Waals surface area contributed by atoms with Gasteiger partial charge >= 0.3 is 23.9 Å². The normalized spacial score (nSPS) is 11.1. The van der Waals surface area contributed by atoms with Gasteiger partial charge in [-0.15, -0.1) is 0 Å². The molecule has 0 spiro atoms. The lowest BCUT2D eigenvalue weighted by Gasteiger charge is -2.15. The smallest absolute Gasteiger partial charge is 0.331 e. The molecule has 0 fully saturated rings. The molecule has 23 heavy (non-hydrogen) atoms. The van der Waals surface area contributed by atoms with E-state index in [1.54, 1.807) is 0 Å². The Morgan fingerprint density at radius 1 is 0.913 bits per heavy atom. The van der Waals surface area contributed by atoms with Crippen molar-refractivity contribution in [2.24, 2.45) is 5.41 Å². The Balaban J connectivity index is 3.78. The minimum Gasteiger partial charge on any atom is -0.466 e. The van der Waals surface area contributed by atoms with Crippen molar-refractivity contribution in [3.05, 3.63) is 12.2 Å². The van der Waals surface area contributed by atoms with E-state index < -0.39 is 23.9 Å². The first-order chi connectivity index (χ1) is 10.6. The van der Waals surface area contributed by atoms with Gasteiger partial charge in [-0.1, -0.05) is 20.8 Å². The highest BCUT2D eigenvalue weighted by atomic mass is 16.6. The first-order valence-electron chi connectivity index (χ1n) is 7.30. The van der Waals surface area contributed by atoms with E-state index in [4.69, 9.17) is 4.74 Å². The quantitative estimate of drug-likeness (QED) is 0.221. The zero-order chi connectivity index (χ0) is 17.9. The summed E-state index contributed by atoms with van der Waals surface area (Å²) in [5, 5.41) is 0. The van der Waals surface area contributed by atoms with Crippen LogP contribution >= 0.6 is 0 Å². The number of unbranched alkanes of at least 4 members (excludes halogenated alkanes) is 1. The minimum atomic E-state index is -0.668. The highest BCUT2D eigenvalue weighted by molar-refractivity contribution is 5.91. The summed E-state index contributed by atoms with van der Waals surface area (Å²) in [6, 6.07) is 0. The van der Waals surface area contributed by atoms with Crippen LogP contribution in [0, 0.1) is 5.41 Å². The van der Waals surface area contributed by atoms with Crippen molar-refractivity contribution >= 4 is 23.9 Å². The molecule has 0 heterocycles. The van der Waals surface area contributed by atoms with E-state index in [9.17, 15) is 19.2 Å². The van der Waals surface area contributed by atoms with Gasteiger partial charge in [-0.05, 0) is 18.3 Å². The lowest BCUT2D eigenvalue weighted by molar-refractivity contribution is -0.161. The van der Waals surface area contributed by atoms with Crippen LogP contribution in [0.15, 0.2) is 12.2 Å². The average molecular weight is 328 g/mol. The number of esters is 4. The van der Waals surface area contributed by atoms with Crippen molar-refractivity contribution < 1.29 is 33.4 Å². The molecule has 0 aromatic carbocycles. The number of hydrogen-bond acceptors (Lipinski definition) is 7. The van der Waals surface area contributed by atoms with Gasteiger partial charge in [0.1, 0.15) is 0 Å². The topological polar surface area (TPSA) is 96.0 Å². The second kappa shape index (κ2) is 10.5. The van der Waals surface area contributed by atoms with Crippen molar-refractivity contribution in [1.82, 2.24) is 0 Å². The van der Waals surface area contributed by atoms with E-state index in [0.717, 1.165) is 12.2 Å². The van der Waals surface area contributed by atoms with Crippen molar-refractivity contribution in [2.75, 3.05) is 13.7 Å². The Hall–Kier alpha value is -2.18. The first kappa shape index (κ1) is 20.8. The molecule has 0 unspecified atom stereocenters. The molecule has 0 atom stereocenters. The lowest BCUT2D eigenvalue weighted by atomic mass is 9.92. The van der Waals surface area contributed by atoms with Crippen molar-refractivity contribution in [3.8, 4) is 0 Å². The second-order valence-corrected chi connectivity index (χ2v) is 6.06. The molecule has 0 radical (unpaired) electrons. The summed E-state index contributed by atoms with van der Waals surface area (Å²) in [6.45, 7) is 5.73. The fourth-order valence-corrected chi connectivity index (χ4v) is 1.44. The summed E-state index contributed by atoms with van der Waals surface area (Å²) in [5.74, 6) is -2.44. The SMILES string of the molecule is COC(=O)C=CC(=O)OCCCCC(=O)OC(=O)CC(C)(C)C. The van der Waals surface area contributed by atoms with Gasteiger partial charge in [-0.25, -0.2) is 9.59 Å². The molecule has 0 bridgehead atoms. The Labute approximate surface area is 136 Å². The number of carbonyl (C=O) groups excluding carboxylic acids is 4. The van der Waals surface area contributed by atoms with Crippen molar-refractivity contribution in [1.29, 1.82) is 0 Å². The highest BCUT2D eigenvalue weighted by Crippen LogP contribution is 2.19. The molecule has 0 aliphatic heterocycles. The molecule has 7 nitrogen and oxygen atoms in total. The Morgan fingerprint density at radius 3 is 2.09 bits per heavy atom. The zero-order valence-electron chi connectivity index (χ0n) is 14.0. The second-order valence-electron chi connectivity index (χ2n) is 6.06. The minimum absolute atomic E-state index is 0.0748. The maximum atomic E-state index is 11.4. The van der Waals surface area contributed by atoms with E-state index in [0.29, 0.717) is 12.8 Å². The molecule has 0 aliphatic rings. The van der Waals surface area contributed by atoms with Crippen LogP contribution < -0.4 is 0 Å². The predicted octanol–water partition coefficient (Wildman–Crippen LogP) is 1.94. The van der Waals surface area contributed by atoms with Crippen LogP contribution in [0.3, 0.4) is 0 Å². The molecule has 130 valence electrons. The summed E-state index contributed by atoms with van der Waals surface area (Å²) in [7, 11) is 1.20. The standard InChI is InChI=1S/C16H24O7/c1-16(2,3)11-15(20)23-14(19)7-5-6-10-22-13(18)9-8-12(17)21-4/h8-9H,5-7,10-11H2,1-4H3. The molecule has 0 amide bonds. The molecule has 0 aromatic rings. The summed E-state index contributed by atoms with van der Waals surface area (Å²) in [6.07, 6.45) is 3.04. The number of ether oxygens (including phenoxy) is 3. The average Bonchev–Trinajstić information content (AvgIpc) is 2.41. The van der Waals surface area contributed by atoms with Gasteiger partial charge in [0.05, 0.1) is 20.1 Å². The molecule has 0 rings (SSSR count). The number of methoxy groups -OCH3 is 1. The van der Waals surface area contributed by atoms with Crippen molar-refractivity contribution in [3.63, 3.8) is 0 Å². The van der Waals surface area contributed by atoms with Gasteiger partial charge < -0.3 is 14.2 Å². The summed E-state index contributed by atoms with van der Waals surface area (Å²) >= 11 is 0. The third-order valence-corrected chi connectivity index (χ3v) is 2.48. The van der Waals surface area contributed by atoms with Crippen LogP contribution in [0.25, 0.3) is 0 Å². The summed E-state index contributed by atoms with van der Waals surface area (Å²) < 4.78 is 13.8. The van der Waals surface area contributed by atoms with Crippen LogP contribution in [0.1, 0.15) is 46.5 Å². The molecule has 0 saturated heterocycles. The third-order valence-electron chi connectivity index (χ3n) is 2.48. The van der Waals surface area contributed by atoms with Crippen molar-refractivity contribution in [2.45, 2.75) is 46.5 Å². The summed E-state index contributed by atoms with van der Waals surface area (Å²) in [4.78, 5) is 44.8. The monoisotopic (exact) mass is 328 g/mol. The maximum Gasteiger partial charge on any atom is 0.331 e. The molecular weight excluding hydrogens is 304 g/mol. The third kappa shape index (κ3) is 13.2. The first-order valence-corrected chi connectivity index (χ1v) is 7.30. The Morgan fingerprint density at radius 2 is 1.52 bits per heavy atom. The van der Waals surface area contributed by atoms with Gasteiger partial charge in [0, 0.05) is 18.6 Å². The van der Waals surface area contributed by atoms with E-state index in [1.165, 1.54) is 7.11 Å². The molecule has 0 N–H and O–H groups in total. The van der Waals surface area contributed by atoms with Gasteiger partial charge in [0.2, 0.25) is 0 Å². The van der Waals surface area contributed by atoms with Gasteiger partial charge in [0.15, 0.2) is 0 Å². The molecular formula is C16H24O7. The van der Waals surface area contributed by atoms with Crippen LogP contribution in [-0.4, -0.2) is 37.6 Å². The highest BCUT2D eigenvalue weighted by Gasteiger charge is 2.19. The fourth-order valence-electron chi connectivity index (χ4n) is 1.44. The van der Waals surface area contributed by atoms with Crippen LogP contribution in [0.4, 0.5) is 0 Å². The molecule has 0 saturated carbocycles. The lowest BCUT2D eigenvalue weighted by Crippen LogP contribution is -2.18. The van der Waals surface area contributed by atoms with E-state index >= 15 is 0 Å². The summed E-state index contributed by atoms with van der Waals surface area (Å²) in [5.41, 5.74) is -0.233. The zero-order valence-corrected chi connectivity index (χ0v) is 14.0. The van der Waals surface area contributed by atoms with Crippen LogP contribution in [-0.2, 0) is 33.4 Å². The molecule has 0 aliphatic carbocycles. The Kier molecular flexibility index (Phi) is 9.53. The van der Waals surface area contributed by atoms with E-state index in [-0.39, 0.29) is 24.9 Å². The maximum absolute atomic E-state index is 11.4. The fraction of sp³-hybridized carbons (Fsp3) is 0.625. The largest absolute Gasteiger partial charge is 0.466 e. The number of rotatable bonds is 8. The van der Waals surface area contributed by atoms with Gasteiger partial charge in [-0.2, -0.15) is 0 Å². The predicted molar refractivity (Wildman–Crippen MR) is 81.1 cm³/mol. The molecule has 0 aromatic heterocycles. The van der Waals surface area contributed by atoms with Crippen LogP contribution in [0.2, 0.25) is 0 Å². The number of carbonyl (C=O) groups is 4. The van der Waals surface area contributed by atoms with E-state index in [2.05, 4.69) is 9.47 Å².